The minimum atomic E-state index is 0. The van der Waals surface area contributed by atoms with E-state index in [0.717, 1.165) is 32.0 Å². The smallest absolute Gasteiger partial charge is 0.0485 e. The average molecular weight is 506 g/mol. The van der Waals surface area contributed by atoms with Crippen molar-refractivity contribution in [2.45, 2.75) is 91.0 Å². The first-order valence-electron chi connectivity index (χ1n) is 14.3. The van der Waals surface area contributed by atoms with Crippen LogP contribution in [-0.4, -0.2) is 63.9 Å². The molecule has 0 aromatic heterocycles. The first-order valence-corrected chi connectivity index (χ1v) is 14.3. The highest BCUT2D eigenvalue weighted by Crippen LogP contribution is 2.46. The first-order chi connectivity index (χ1) is 16.4. The van der Waals surface area contributed by atoms with E-state index in [1.807, 2.05) is 0 Å². The second-order valence-electron chi connectivity index (χ2n) is 12.3. The van der Waals surface area contributed by atoms with Gasteiger partial charge >= 0.3 is 0 Å². The molecule has 0 unspecified atom stereocenters. The zero-order valence-electron chi connectivity index (χ0n) is 23.2. The van der Waals surface area contributed by atoms with Crippen LogP contribution in [0.5, 0.6) is 0 Å². The molecule has 0 spiro atoms. The molecule has 3 fully saturated rings. The molecule has 4 nitrogen and oxygen atoms in total. The van der Waals surface area contributed by atoms with Gasteiger partial charge in [0.2, 0.25) is 0 Å². The predicted octanol–water partition coefficient (Wildman–Crippen LogP) is 6.97. The van der Waals surface area contributed by atoms with E-state index in [-0.39, 0.29) is 12.4 Å². The van der Waals surface area contributed by atoms with Crippen molar-refractivity contribution in [3.05, 3.63) is 23.8 Å². The molecule has 0 bridgehead atoms. The SMILES string of the molecule is CCCCN1CCN(c2ccc(N(C)C3CCOCC3)cc2C2CCC(C(C)(C)C)CC2)CC1.Cl. The Hall–Kier alpha value is -0.970. The fourth-order valence-corrected chi connectivity index (χ4v) is 6.52. The molecular weight excluding hydrogens is 454 g/mol. The highest BCUT2D eigenvalue weighted by molar-refractivity contribution is 5.85. The van der Waals surface area contributed by atoms with E-state index in [0.29, 0.717) is 17.4 Å². The van der Waals surface area contributed by atoms with Crippen LogP contribution in [0.15, 0.2) is 18.2 Å². The molecule has 5 heteroatoms. The molecule has 1 saturated carbocycles. The van der Waals surface area contributed by atoms with Crippen molar-refractivity contribution in [3.63, 3.8) is 0 Å². The van der Waals surface area contributed by atoms with E-state index in [9.17, 15) is 0 Å². The molecule has 0 atom stereocenters. The predicted molar refractivity (Wildman–Crippen MR) is 154 cm³/mol. The highest BCUT2D eigenvalue weighted by atomic mass is 35.5. The molecule has 3 aliphatic rings. The molecule has 1 aromatic rings. The van der Waals surface area contributed by atoms with Gasteiger partial charge in [0.05, 0.1) is 0 Å². The average Bonchev–Trinajstić information content (AvgIpc) is 2.87. The van der Waals surface area contributed by atoms with Crippen molar-refractivity contribution < 1.29 is 4.74 Å². The van der Waals surface area contributed by atoms with E-state index in [1.165, 1.54) is 82.6 Å². The Morgan fingerprint density at radius 3 is 2.20 bits per heavy atom. The van der Waals surface area contributed by atoms with Crippen molar-refractivity contribution >= 4 is 23.8 Å². The zero-order chi connectivity index (χ0) is 24.1. The Labute approximate surface area is 222 Å². The summed E-state index contributed by atoms with van der Waals surface area (Å²) in [4.78, 5) is 7.91. The van der Waals surface area contributed by atoms with Crippen molar-refractivity contribution in [3.8, 4) is 0 Å². The van der Waals surface area contributed by atoms with Crippen LogP contribution >= 0.6 is 12.4 Å². The third-order valence-electron chi connectivity index (χ3n) is 9.09. The van der Waals surface area contributed by atoms with Crippen molar-refractivity contribution in [2.75, 3.05) is 62.8 Å². The summed E-state index contributed by atoms with van der Waals surface area (Å²) in [5.74, 6) is 1.57. The van der Waals surface area contributed by atoms with E-state index in [4.69, 9.17) is 4.74 Å². The van der Waals surface area contributed by atoms with Gasteiger partial charge in [-0.2, -0.15) is 0 Å². The number of benzene rings is 1. The zero-order valence-corrected chi connectivity index (χ0v) is 24.0. The largest absolute Gasteiger partial charge is 0.381 e. The number of anilines is 2. The maximum atomic E-state index is 5.64. The number of hydrogen-bond acceptors (Lipinski definition) is 4. The van der Waals surface area contributed by atoms with Gasteiger partial charge in [0.15, 0.2) is 0 Å². The summed E-state index contributed by atoms with van der Waals surface area (Å²) >= 11 is 0. The first kappa shape index (κ1) is 28.6. The molecule has 0 N–H and O–H groups in total. The third kappa shape index (κ3) is 7.29. The molecule has 0 radical (unpaired) electrons. The molecule has 2 heterocycles. The molecule has 200 valence electrons. The fourth-order valence-electron chi connectivity index (χ4n) is 6.52. The van der Waals surface area contributed by atoms with E-state index < -0.39 is 0 Å². The summed E-state index contributed by atoms with van der Waals surface area (Å²) in [6.07, 6.45) is 10.3. The van der Waals surface area contributed by atoms with Crippen LogP contribution in [0.4, 0.5) is 11.4 Å². The van der Waals surface area contributed by atoms with Crippen molar-refractivity contribution in [1.82, 2.24) is 4.90 Å². The number of unbranched alkanes of at least 4 members (excludes halogenated alkanes) is 1. The molecule has 2 saturated heterocycles. The number of hydrogen-bond donors (Lipinski definition) is 0. The molecule has 2 aliphatic heterocycles. The van der Waals surface area contributed by atoms with Gasteiger partial charge in [-0.25, -0.2) is 0 Å². The molecule has 1 aromatic carbocycles. The second-order valence-corrected chi connectivity index (χ2v) is 12.3. The van der Waals surface area contributed by atoms with Crippen LogP contribution in [0.1, 0.15) is 90.5 Å². The van der Waals surface area contributed by atoms with Crippen molar-refractivity contribution in [1.29, 1.82) is 0 Å². The number of piperazine rings is 1. The molecular formula is C30H52ClN3O. The van der Waals surface area contributed by atoms with Gasteiger partial charge in [0.1, 0.15) is 0 Å². The Bertz CT molecular complexity index is 757. The lowest BCUT2D eigenvalue weighted by atomic mass is 9.68. The van der Waals surface area contributed by atoms with Gasteiger partial charge in [0, 0.05) is 63.9 Å². The number of halogens is 1. The molecule has 4 rings (SSSR count). The number of nitrogens with zero attached hydrogens (tertiary/aromatic N) is 3. The van der Waals surface area contributed by atoms with Gasteiger partial charge in [-0.15, -0.1) is 12.4 Å². The third-order valence-corrected chi connectivity index (χ3v) is 9.09. The van der Waals surface area contributed by atoms with Gasteiger partial charge in [-0.05, 0) is 92.5 Å². The van der Waals surface area contributed by atoms with E-state index >= 15 is 0 Å². The van der Waals surface area contributed by atoms with Crippen LogP contribution < -0.4 is 9.80 Å². The van der Waals surface area contributed by atoms with Gasteiger partial charge in [-0.1, -0.05) is 34.1 Å². The normalized spacial score (nSPS) is 24.8. The second kappa shape index (κ2) is 13.0. The summed E-state index contributed by atoms with van der Waals surface area (Å²) in [6, 6.07) is 8.05. The summed E-state index contributed by atoms with van der Waals surface area (Å²) in [7, 11) is 2.30. The lowest BCUT2D eigenvalue weighted by Gasteiger charge is -2.41. The van der Waals surface area contributed by atoms with Crippen molar-refractivity contribution in [2.24, 2.45) is 11.3 Å². The highest BCUT2D eigenvalue weighted by Gasteiger charge is 2.32. The van der Waals surface area contributed by atoms with Crippen LogP contribution in [0.2, 0.25) is 0 Å². The standard InChI is InChI=1S/C30H51N3O.ClH/c1-6-7-16-32-17-19-33(20-18-32)29-13-12-27(31(5)26-14-21-34-22-15-26)23-28(29)24-8-10-25(11-9-24)30(2,3)4;/h12-13,23-26H,6-11,14-22H2,1-5H3;1H. The topological polar surface area (TPSA) is 19.0 Å². The Morgan fingerprint density at radius 2 is 1.60 bits per heavy atom. The summed E-state index contributed by atoms with van der Waals surface area (Å²) in [5, 5.41) is 0. The maximum Gasteiger partial charge on any atom is 0.0485 e. The fraction of sp³-hybridized carbons (Fsp3) is 0.800. The molecule has 35 heavy (non-hydrogen) atoms. The van der Waals surface area contributed by atoms with Gasteiger partial charge < -0.3 is 14.5 Å². The lowest BCUT2D eigenvalue weighted by molar-refractivity contribution is 0.0855. The number of rotatable bonds is 7. The lowest BCUT2D eigenvalue weighted by Crippen LogP contribution is -2.47. The Kier molecular flexibility index (Phi) is 10.6. The minimum Gasteiger partial charge on any atom is -0.381 e. The monoisotopic (exact) mass is 505 g/mol. The minimum absolute atomic E-state index is 0. The summed E-state index contributed by atoms with van der Waals surface area (Å²) in [6.45, 7) is 17.4. The van der Waals surface area contributed by atoms with Gasteiger partial charge in [0.25, 0.3) is 0 Å². The Morgan fingerprint density at radius 1 is 0.943 bits per heavy atom. The summed E-state index contributed by atoms with van der Waals surface area (Å²) < 4.78 is 5.64. The van der Waals surface area contributed by atoms with Gasteiger partial charge in [-0.3, -0.25) is 4.90 Å². The molecule has 1 aliphatic carbocycles. The van der Waals surface area contributed by atoms with Crippen LogP contribution in [0.25, 0.3) is 0 Å². The Balaban J connectivity index is 0.00000342. The van der Waals surface area contributed by atoms with E-state index in [1.54, 1.807) is 5.56 Å². The molecule has 0 amide bonds. The quantitative estimate of drug-likeness (QED) is 0.398. The van der Waals surface area contributed by atoms with Crippen LogP contribution in [0.3, 0.4) is 0 Å². The van der Waals surface area contributed by atoms with E-state index in [2.05, 4.69) is 67.6 Å². The number of ether oxygens (including phenoxy) is 1. The van der Waals surface area contributed by atoms with Crippen LogP contribution in [-0.2, 0) is 4.74 Å². The maximum absolute atomic E-state index is 5.64. The van der Waals surface area contributed by atoms with Crippen LogP contribution in [0, 0.1) is 11.3 Å². The summed E-state index contributed by atoms with van der Waals surface area (Å²) in [5.41, 5.74) is 5.00.